The van der Waals surface area contributed by atoms with E-state index < -0.39 is 0 Å². The number of nitrogens with zero attached hydrogens (tertiary/aromatic N) is 1. The van der Waals surface area contributed by atoms with E-state index in [-0.39, 0.29) is 0 Å². The Morgan fingerprint density at radius 1 is 0.206 bits per heavy atom. The maximum absolute atomic E-state index is 6.35. The zero-order valence-electron chi connectivity index (χ0n) is 34.3. The van der Waals surface area contributed by atoms with Gasteiger partial charge < -0.3 is 13.7 Å². The quantitative estimate of drug-likeness (QED) is 0.153. The number of rotatable bonds is 8. The Hall–Kier alpha value is -8.40. The van der Waals surface area contributed by atoms with E-state index in [1.54, 1.807) is 0 Å². The Morgan fingerprint density at radius 2 is 0.571 bits per heavy atom. The average molecular weight is 806 g/mol. The lowest BCUT2D eigenvalue weighted by Crippen LogP contribution is -2.09. The minimum absolute atomic E-state index is 0.882. The SMILES string of the molecule is c1ccc(-c2cccc(N(c3ccccc3)c3ccc(-c4ccc(-c5cc(-c6ccc7c(c6)oc6ccccc67)cc(-c6ccc7c(c6)oc6ccccc67)c5)cc4)cc3)c2)cc1. The molecule has 0 radical (unpaired) electrons. The molecule has 0 bridgehead atoms. The summed E-state index contributed by atoms with van der Waals surface area (Å²) in [7, 11) is 0. The van der Waals surface area contributed by atoms with Crippen LogP contribution in [0.1, 0.15) is 0 Å². The first-order valence-corrected chi connectivity index (χ1v) is 21.4. The molecule has 3 nitrogen and oxygen atoms in total. The van der Waals surface area contributed by atoms with Crippen LogP contribution in [0.25, 0.3) is 99.5 Å². The summed E-state index contributed by atoms with van der Waals surface area (Å²) < 4.78 is 12.7. The van der Waals surface area contributed by atoms with Crippen LogP contribution >= 0.6 is 0 Å². The van der Waals surface area contributed by atoms with Crippen molar-refractivity contribution in [1.82, 2.24) is 0 Å². The molecule has 0 N–H and O–H groups in total. The predicted octanol–water partition coefficient (Wildman–Crippen LogP) is 17.3. The summed E-state index contributed by atoms with van der Waals surface area (Å²) in [6, 6.07) is 84.2. The molecule has 63 heavy (non-hydrogen) atoms. The zero-order chi connectivity index (χ0) is 41.7. The summed E-state index contributed by atoms with van der Waals surface area (Å²) in [5, 5.41) is 4.50. The maximum Gasteiger partial charge on any atom is 0.136 e. The van der Waals surface area contributed by atoms with Crippen molar-refractivity contribution < 1.29 is 8.83 Å². The van der Waals surface area contributed by atoms with Gasteiger partial charge in [-0.15, -0.1) is 0 Å². The average Bonchev–Trinajstić information content (AvgIpc) is 3.93. The largest absolute Gasteiger partial charge is 0.456 e. The van der Waals surface area contributed by atoms with Crippen molar-refractivity contribution in [2.75, 3.05) is 4.90 Å². The highest BCUT2D eigenvalue weighted by Crippen LogP contribution is 2.40. The van der Waals surface area contributed by atoms with Crippen molar-refractivity contribution in [1.29, 1.82) is 0 Å². The molecule has 0 saturated heterocycles. The van der Waals surface area contributed by atoms with E-state index in [9.17, 15) is 0 Å². The molecule has 0 aliphatic heterocycles. The fourth-order valence-corrected chi connectivity index (χ4v) is 9.08. The molecule has 12 rings (SSSR count). The molecule has 0 unspecified atom stereocenters. The van der Waals surface area contributed by atoms with Crippen molar-refractivity contribution in [2.45, 2.75) is 0 Å². The standard InChI is InChI=1S/C60H39NO2/c1-3-12-40(13-4-1)44-14-11-17-52(37-44)61(50-15-5-2-6-16-50)51-30-26-42(27-31-51)41-22-24-43(25-23-41)47-34-48(45-28-32-55-53-18-7-9-20-57(53)62-59(55)38-45)36-49(35-47)46-29-33-56-54-19-8-10-21-58(54)63-60(56)39-46/h1-39H. The third-order valence-corrected chi connectivity index (χ3v) is 12.3. The molecule has 3 heteroatoms. The van der Waals surface area contributed by atoms with Crippen LogP contribution in [0.5, 0.6) is 0 Å². The summed E-state index contributed by atoms with van der Waals surface area (Å²) in [5.74, 6) is 0. The van der Waals surface area contributed by atoms with Crippen molar-refractivity contribution in [3.63, 3.8) is 0 Å². The van der Waals surface area contributed by atoms with Crippen LogP contribution in [-0.2, 0) is 0 Å². The van der Waals surface area contributed by atoms with E-state index in [0.29, 0.717) is 0 Å². The summed E-state index contributed by atoms with van der Waals surface area (Å²) >= 11 is 0. The molecule has 0 fully saturated rings. The lowest BCUT2D eigenvalue weighted by molar-refractivity contribution is 0.668. The molecule has 296 valence electrons. The van der Waals surface area contributed by atoms with E-state index in [1.165, 1.54) is 11.1 Å². The van der Waals surface area contributed by atoms with E-state index in [2.05, 4.69) is 217 Å². The van der Waals surface area contributed by atoms with Crippen LogP contribution in [0.3, 0.4) is 0 Å². The molecule has 10 aromatic carbocycles. The fourth-order valence-electron chi connectivity index (χ4n) is 9.08. The summed E-state index contributed by atoms with van der Waals surface area (Å²) in [6.45, 7) is 0. The van der Waals surface area contributed by atoms with Crippen molar-refractivity contribution in [3.05, 3.63) is 237 Å². The minimum atomic E-state index is 0.882. The van der Waals surface area contributed by atoms with Gasteiger partial charge in [-0.25, -0.2) is 0 Å². The first-order chi connectivity index (χ1) is 31.2. The van der Waals surface area contributed by atoms with Crippen LogP contribution in [0.2, 0.25) is 0 Å². The Bertz CT molecular complexity index is 3470. The molecule has 0 spiro atoms. The second-order valence-corrected chi connectivity index (χ2v) is 16.1. The lowest BCUT2D eigenvalue weighted by Gasteiger charge is -2.26. The number of furan rings is 2. The highest BCUT2D eigenvalue weighted by atomic mass is 16.3. The van der Waals surface area contributed by atoms with Gasteiger partial charge in [-0.05, 0) is 147 Å². The number of benzene rings is 10. The molecule has 2 aromatic heterocycles. The third kappa shape index (κ3) is 6.73. The van der Waals surface area contributed by atoms with Crippen LogP contribution < -0.4 is 4.90 Å². The van der Waals surface area contributed by atoms with Gasteiger partial charge in [-0.2, -0.15) is 0 Å². The molecule has 0 amide bonds. The van der Waals surface area contributed by atoms with Gasteiger partial charge in [0, 0.05) is 38.6 Å². The molecule has 0 saturated carbocycles. The number of anilines is 3. The van der Waals surface area contributed by atoms with Crippen molar-refractivity contribution in [2.24, 2.45) is 0 Å². The van der Waals surface area contributed by atoms with Crippen LogP contribution in [-0.4, -0.2) is 0 Å². The van der Waals surface area contributed by atoms with Crippen LogP contribution in [0.15, 0.2) is 245 Å². The fraction of sp³-hybridized carbons (Fsp3) is 0. The van der Waals surface area contributed by atoms with Gasteiger partial charge in [-0.3, -0.25) is 0 Å². The van der Waals surface area contributed by atoms with Gasteiger partial charge in [0.05, 0.1) is 0 Å². The number of fused-ring (bicyclic) bond motifs is 6. The van der Waals surface area contributed by atoms with Gasteiger partial charge in [-0.1, -0.05) is 146 Å². The molecule has 12 aromatic rings. The third-order valence-electron chi connectivity index (χ3n) is 12.3. The lowest BCUT2D eigenvalue weighted by atomic mass is 9.92. The number of hydrogen-bond donors (Lipinski definition) is 0. The Labute approximate surface area is 365 Å². The second kappa shape index (κ2) is 15.3. The van der Waals surface area contributed by atoms with Gasteiger partial charge in [0.15, 0.2) is 0 Å². The van der Waals surface area contributed by atoms with E-state index in [1.807, 2.05) is 24.3 Å². The van der Waals surface area contributed by atoms with Crippen LogP contribution in [0, 0.1) is 0 Å². The van der Waals surface area contributed by atoms with Gasteiger partial charge in [0.2, 0.25) is 0 Å². The highest BCUT2D eigenvalue weighted by Gasteiger charge is 2.16. The van der Waals surface area contributed by atoms with Gasteiger partial charge in [0.25, 0.3) is 0 Å². The zero-order valence-corrected chi connectivity index (χ0v) is 34.3. The Morgan fingerprint density at radius 3 is 1.14 bits per heavy atom. The number of para-hydroxylation sites is 3. The Balaban J connectivity index is 0.904. The molecule has 0 atom stereocenters. The smallest absolute Gasteiger partial charge is 0.136 e. The molecular formula is C60H39NO2. The van der Waals surface area contributed by atoms with E-state index >= 15 is 0 Å². The minimum Gasteiger partial charge on any atom is -0.456 e. The van der Waals surface area contributed by atoms with Crippen molar-refractivity contribution in [3.8, 4) is 55.6 Å². The van der Waals surface area contributed by atoms with E-state index in [0.717, 1.165) is 105 Å². The topological polar surface area (TPSA) is 29.5 Å². The molecule has 0 aliphatic rings. The maximum atomic E-state index is 6.35. The Kier molecular flexibility index (Phi) is 8.83. The summed E-state index contributed by atoms with van der Waals surface area (Å²) in [6.07, 6.45) is 0. The molecule has 2 heterocycles. The van der Waals surface area contributed by atoms with Gasteiger partial charge >= 0.3 is 0 Å². The summed E-state index contributed by atoms with van der Waals surface area (Å²) in [5.41, 5.74) is 18.3. The highest BCUT2D eigenvalue weighted by molar-refractivity contribution is 6.07. The first kappa shape index (κ1) is 36.5. The monoisotopic (exact) mass is 805 g/mol. The summed E-state index contributed by atoms with van der Waals surface area (Å²) in [4.78, 5) is 2.32. The molecule has 0 aliphatic carbocycles. The first-order valence-electron chi connectivity index (χ1n) is 21.4. The second-order valence-electron chi connectivity index (χ2n) is 16.1. The van der Waals surface area contributed by atoms with Crippen LogP contribution in [0.4, 0.5) is 17.1 Å². The normalized spacial score (nSPS) is 11.5. The van der Waals surface area contributed by atoms with Gasteiger partial charge in [0.1, 0.15) is 22.3 Å². The number of hydrogen-bond acceptors (Lipinski definition) is 3. The predicted molar refractivity (Wildman–Crippen MR) is 263 cm³/mol. The van der Waals surface area contributed by atoms with Crippen molar-refractivity contribution >= 4 is 60.9 Å². The molecular weight excluding hydrogens is 767 g/mol. The van der Waals surface area contributed by atoms with E-state index in [4.69, 9.17) is 8.83 Å².